The van der Waals surface area contributed by atoms with Crippen LogP contribution in [-0.4, -0.2) is 38.0 Å². The fourth-order valence-corrected chi connectivity index (χ4v) is 3.39. The summed E-state index contributed by atoms with van der Waals surface area (Å²) < 4.78 is 0. The van der Waals surface area contributed by atoms with E-state index in [1.54, 1.807) is 11.3 Å². The SMILES string of the molecule is CNCCN(C)C(=O)C1CCCc2sccc21. The van der Waals surface area contributed by atoms with Crippen LogP contribution in [0.1, 0.15) is 29.2 Å². The Bertz CT molecular complexity index is 389. The zero-order valence-electron chi connectivity index (χ0n) is 10.5. The molecule has 2 rings (SSSR count). The lowest BCUT2D eigenvalue weighted by molar-refractivity contribution is -0.131. The molecule has 0 bridgehead atoms. The van der Waals surface area contributed by atoms with Crippen LogP contribution < -0.4 is 5.32 Å². The molecule has 0 aromatic carbocycles. The first-order chi connectivity index (χ1) is 8.24. The predicted octanol–water partition coefficient (Wildman–Crippen LogP) is 1.85. The number of nitrogens with zero attached hydrogens (tertiary/aromatic N) is 1. The maximum absolute atomic E-state index is 12.4. The molecule has 4 heteroatoms. The highest BCUT2D eigenvalue weighted by molar-refractivity contribution is 7.10. The van der Waals surface area contributed by atoms with Crippen molar-refractivity contribution in [2.24, 2.45) is 0 Å². The molecule has 3 nitrogen and oxygen atoms in total. The largest absolute Gasteiger partial charge is 0.344 e. The molecular formula is C13H20N2OS. The lowest BCUT2D eigenvalue weighted by atomic mass is 9.87. The first-order valence-corrected chi connectivity index (χ1v) is 7.08. The van der Waals surface area contributed by atoms with Gasteiger partial charge in [0.05, 0.1) is 5.92 Å². The molecule has 1 aliphatic rings. The van der Waals surface area contributed by atoms with E-state index in [2.05, 4.69) is 16.8 Å². The molecule has 0 aliphatic heterocycles. The molecule has 17 heavy (non-hydrogen) atoms. The minimum absolute atomic E-state index is 0.104. The van der Waals surface area contributed by atoms with Crippen LogP contribution >= 0.6 is 11.3 Å². The van der Waals surface area contributed by atoms with Gasteiger partial charge in [0.1, 0.15) is 0 Å². The summed E-state index contributed by atoms with van der Waals surface area (Å²) in [4.78, 5) is 15.6. The molecule has 0 radical (unpaired) electrons. The van der Waals surface area contributed by atoms with Gasteiger partial charge in [-0.3, -0.25) is 4.79 Å². The van der Waals surface area contributed by atoms with Crippen molar-refractivity contribution in [3.63, 3.8) is 0 Å². The number of carbonyl (C=O) groups excluding carboxylic acids is 1. The van der Waals surface area contributed by atoms with E-state index >= 15 is 0 Å². The van der Waals surface area contributed by atoms with Gasteiger partial charge in [0.25, 0.3) is 0 Å². The first-order valence-electron chi connectivity index (χ1n) is 6.20. The first kappa shape index (κ1) is 12.6. The van der Waals surface area contributed by atoms with Crippen LogP contribution in [0.4, 0.5) is 0 Å². The van der Waals surface area contributed by atoms with Crippen LogP contribution in [0.3, 0.4) is 0 Å². The third-order valence-electron chi connectivity index (χ3n) is 3.42. The predicted molar refractivity (Wildman–Crippen MR) is 71.6 cm³/mol. The molecule has 1 amide bonds. The van der Waals surface area contributed by atoms with Gasteiger partial charge >= 0.3 is 0 Å². The van der Waals surface area contributed by atoms with Gasteiger partial charge in [-0.05, 0) is 43.3 Å². The summed E-state index contributed by atoms with van der Waals surface area (Å²) in [7, 11) is 3.82. The summed E-state index contributed by atoms with van der Waals surface area (Å²) in [5, 5.41) is 5.19. The summed E-state index contributed by atoms with van der Waals surface area (Å²) in [6.07, 6.45) is 3.30. The van der Waals surface area contributed by atoms with Crippen LogP contribution in [0.25, 0.3) is 0 Å². The van der Waals surface area contributed by atoms with E-state index in [1.165, 1.54) is 10.4 Å². The Balaban J connectivity index is 2.06. The Labute approximate surface area is 107 Å². The van der Waals surface area contributed by atoms with Crippen molar-refractivity contribution in [2.75, 3.05) is 27.2 Å². The van der Waals surface area contributed by atoms with Crippen molar-refractivity contribution in [1.82, 2.24) is 10.2 Å². The van der Waals surface area contributed by atoms with Crippen molar-refractivity contribution in [3.05, 3.63) is 21.9 Å². The molecule has 0 saturated heterocycles. The van der Waals surface area contributed by atoms with Crippen molar-refractivity contribution in [3.8, 4) is 0 Å². The molecule has 1 heterocycles. The van der Waals surface area contributed by atoms with E-state index in [-0.39, 0.29) is 11.8 Å². The zero-order chi connectivity index (χ0) is 12.3. The Morgan fingerprint density at radius 1 is 1.65 bits per heavy atom. The number of carbonyl (C=O) groups is 1. The maximum Gasteiger partial charge on any atom is 0.229 e. The Hall–Kier alpha value is -0.870. The van der Waals surface area contributed by atoms with E-state index < -0.39 is 0 Å². The average molecular weight is 252 g/mol. The molecule has 1 N–H and O–H groups in total. The third kappa shape index (κ3) is 2.69. The standard InChI is InChI=1S/C13H20N2OS/c1-14-7-8-15(2)13(16)11-4-3-5-12-10(11)6-9-17-12/h6,9,11,14H,3-5,7-8H2,1-2H3. The van der Waals surface area contributed by atoms with Crippen molar-refractivity contribution in [1.29, 1.82) is 0 Å². The van der Waals surface area contributed by atoms with Gasteiger partial charge in [0.15, 0.2) is 0 Å². The normalized spacial score (nSPS) is 18.8. The topological polar surface area (TPSA) is 32.3 Å². The highest BCUT2D eigenvalue weighted by atomic mass is 32.1. The van der Waals surface area contributed by atoms with Gasteiger partial charge in [-0.2, -0.15) is 0 Å². The zero-order valence-corrected chi connectivity index (χ0v) is 11.3. The van der Waals surface area contributed by atoms with E-state index in [0.717, 1.165) is 32.4 Å². The second kappa shape index (κ2) is 5.65. The van der Waals surface area contributed by atoms with Crippen LogP contribution in [0, 0.1) is 0 Å². The summed E-state index contributed by atoms with van der Waals surface area (Å²) in [5.74, 6) is 0.381. The van der Waals surface area contributed by atoms with E-state index in [1.807, 2.05) is 19.0 Å². The molecule has 0 saturated carbocycles. The summed E-state index contributed by atoms with van der Waals surface area (Å²) >= 11 is 1.79. The van der Waals surface area contributed by atoms with Crippen molar-refractivity contribution < 1.29 is 4.79 Å². The summed E-state index contributed by atoms with van der Waals surface area (Å²) in [6.45, 7) is 1.64. The fraction of sp³-hybridized carbons (Fsp3) is 0.615. The lowest BCUT2D eigenvalue weighted by Crippen LogP contribution is -2.36. The maximum atomic E-state index is 12.4. The van der Waals surface area contributed by atoms with Crippen LogP contribution in [0.5, 0.6) is 0 Å². The Morgan fingerprint density at radius 2 is 2.47 bits per heavy atom. The van der Waals surface area contributed by atoms with Gasteiger partial charge < -0.3 is 10.2 Å². The number of amides is 1. The number of likely N-dealkylation sites (N-methyl/N-ethyl adjacent to an activating group) is 2. The second-order valence-electron chi connectivity index (χ2n) is 4.61. The quantitative estimate of drug-likeness (QED) is 0.887. The number of hydrogen-bond acceptors (Lipinski definition) is 3. The van der Waals surface area contributed by atoms with Gasteiger partial charge in [-0.1, -0.05) is 0 Å². The Kier molecular flexibility index (Phi) is 4.18. The minimum atomic E-state index is 0.104. The molecule has 1 atom stereocenters. The number of aryl methyl sites for hydroxylation is 1. The summed E-state index contributed by atoms with van der Waals surface area (Å²) in [6, 6.07) is 2.13. The molecule has 1 aliphatic carbocycles. The Morgan fingerprint density at radius 3 is 3.24 bits per heavy atom. The fourth-order valence-electron chi connectivity index (χ4n) is 2.40. The molecule has 1 unspecified atom stereocenters. The van der Waals surface area contributed by atoms with Gasteiger partial charge in [0, 0.05) is 25.0 Å². The minimum Gasteiger partial charge on any atom is -0.344 e. The van der Waals surface area contributed by atoms with E-state index in [9.17, 15) is 4.79 Å². The molecule has 1 aromatic rings. The molecule has 94 valence electrons. The molecular weight excluding hydrogens is 232 g/mol. The van der Waals surface area contributed by atoms with Crippen LogP contribution in [0.15, 0.2) is 11.4 Å². The summed E-state index contributed by atoms with van der Waals surface area (Å²) in [5.41, 5.74) is 1.28. The second-order valence-corrected chi connectivity index (χ2v) is 5.61. The average Bonchev–Trinajstić information content (AvgIpc) is 2.82. The van der Waals surface area contributed by atoms with Gasteiger partial charge in [0.2, 0.25) is 5.91 Å². The van der Waals surface area contributed by atoms with Gasteiger partial charge in [-0.15, -0.1) is 11.3 Å². The highest BCUT2D eigenvalue weighted by Crippen LogP contribution is 2.35. The molecule has 0 spiro atoms. The van der Waals surface area contributed by atoms with Crippen LogP contribution in [0.2, 0.25) is 0 Å². The third-order valence-corrected chi connectivity index (χ3v) is 4.42. The van der Waals surface area contributed by atoms with Crippen molar-refractivity contribution >= 4 is 17.2 Å². The smallest absolute Gasteiger partial charge is 0.229 e. The number of thiophene rings is 1. The number of nitrogens with one attached hydrogen (secondary N) is 1. The van der Waals surface area contributed by atoms with Crippen LogP contribution in [-0.2, 0) is 11.2 Å². The number of rotatable bonds is 4. The van der Waals surface area contributed by atoms with E-state index in [0.29, 0.717) is 0 Å². The lowest BCUT2D eigenvalue weighted by Gasteiger charge is -2.26. The van der Waals surface area contributed by atoms with Crippen molar-refractivity contribution in [2.45, 2.75) is 25.2 Å². The monoisotopic (exact) mass is 252 g/mol. The van der Waals surface area contributed by atoms with E-state index in [4.69, 9.17) is 0 Å². The number of hydrogen-bond donors (Lipinski definition) is 1. The highest BCUT2D eigenvalue weighted by Gasteiger charge is 2.28. The number of fused-ring (bicyclic) bond motifs is 1. The van der Waals surface area contributed by atoms with Gasteiger partial charge in [-0.25, -0.2) is 0 Å². The molecule has 1 aromatic heterocycles. The molecule has 0 fully saturated rings.